The molecule has 0 spiro atoms. The molecule has 0 amide bonds. The quantitative estimate of drug-likeness (QED) is 0.290. The van der Waals surface area contributed by atoms with Gasteiger partial charge in [-0.25, -0.2) is 4.79 Å². The Morgan fingerprint density at radius 3 is 2.08 bits per heavy atom. The summed E-state index contributed by atoms with van der Waals surface area (Å²) in [4.78, 5) is 45.7. The van der Waals surface area contributed by atoms with Crippen LogP contribution in [-0.4, -0.2) is 80.0 Å². The van der Waals surface area contributed by atoms with Crippen LogP contribution in [0.4, 0.5) is 0 Å². The molecular weight excluding hydrogens is 529 g/mol. The van der Waals surface area contributed by atoms with Crippen molar-refractivity contribution < 1.29 is 44.3 Å². The largest absolute Gasteiger partial charge is 0.481 e. The maximum absolute atomic E-state index is 12.9. The number of aliphatic hydroxyl groups is 1. The van der Waals surface area contributed by atoms with E-state index in [1.807, 2.05) is 0 Å². The molecule has 3 unspecified atom stereocenters. The van der Waals surface area contributed by atoms with Crippen LogP contribution in [0, 0.1) is 5.92 Å². The van der Waals surface area contributed by atoms with E-state index in [-0.39, 0.29) is 23.9 Å². The summed E-state index contributed by atoms with van der Waals surface area (Å²) in [6.45, 7) is 10.2. The summed E-state index contributed by atoms with van der Waals surface area (Å²) in [6, 6.07) is 5.75. The van der Waals surface area contributed by atoms with Gasteiger partial charge in [-0.2, -0.15) is 0 Å². The number of carbonyl (C=O) groups excluding carboxylic acids is 1. The number of carboxylic acid groups (broad SMARTS) is 3. The Labute approximate surface area is 226 Å². The van der Waals surface area contributed by atoms with Gasteiger partial charge in [-0.1, -0.05) is 43.5 Å². The fourth-order valence-electron chi connectivity index (χ4n) is 3.93. The van der Waals surface area contributed by atoms with E-state index in [0.717, 1.165) is 31.5 Å². The average molecular weight is 564 g/mol. The lowest BCUT2D eigenvalue weighted by Crippen LogP contribution is -2.42. The molecule has 3 atom stereocenters. The average Bonchev–Trinajstić information content (AvgIpc) is 3.24. The number of ether oxygens (including phenoxy) is 1. The van der Waals surface area contributed by atoms with Gasteiger partial charge >= 0.3 is 23.9 Å². The fraction of sp³-hybridized carbons (Fsp3) is 0.600. The van der Waals surface area contributed by atoms with Gasteiger partial charge < -0.3 is 25.2 Å². The molecule has 10 nitrogen and oxygen atoms in total. The third-order valence-corrected chi connectivity index (χ3v) is 6.81. The zero-order valence-electron chi connectivity index (χ0n) is 21.3. The molecule has 0 bridgehead atoms. The van der Waals surface area contributed by atoms with E-state index in [1.54, 1.807) is 18.2 Å². The van der Waals surface area contributed by atoms with E-state index >= 15 is 0 Å². The number of benzene rings is 1. The highest BCUT2D eigenvalue weighted by atomic mass is 35.5. The van der Waals surface area contributed by atoms with Crippen LogP contribution in [0.25, 0.3) is 0 Å². The minimum absolute atomic E-state index is 0.0376. The summed E-state index contributed by atoms with van der Waals surface area (Å²) in [6.07, 6.45) is -0.570. The highest BCUT2D eigenvalue weighted by Crippen LogP contribution is 2.35. The van der Waals surface area contributed by atoms with Gasteiger partial charge in [-0.15, -0.1) is 0 Å². The van der Waals surface area contributed by atoms with Crippen LogP contribution < -0.4 is 0 Å². The molecule has 0 aliphatic carbocycles. The monoisotopic (exact) mass is 563 g/mol. The lowest BCUT2D eigenvalue weighted by Gasteiger charge is -2.25. The predicted octanol–water partition coefficient (Wildman–Crippen LogP) is 3.90. The van der Waals surface area contributed by atoms with E-state index in [1.165, 1.54) is 0 Å². The molecular formula is C25H35Cl2NO9. The zero-order chi connectivity index (χ0) is 28.5. The van der Waals surface area contributed by atoms with Gasteiger partial charge in [-0.05, 0) is 49.9 Å². The molecule has 1 aliphatic heterocycles. The first kappa shape index (κ1) is 32.6. The maximum atomic E-state index is 12.9. The number of hydrogen-bond donors (Lipinski definition) is 4. The SMILES string of the molecule is CCC(C)C(C(=O)OC1CCN(C(C)C)C1)c1cc(Cl)ccc1Cl.O=C(O)CC(O)(CC(=O)O)C(=O)O. The zero-order valence-corrected chi connectivity index (χ0v) is 22.8. The number of nitrogens with zero attached hydrogens (tertiary/aromatic N) is 1. The Bertz CT molecular complexity index is 953. The molecule has 1 fully saturated rings. The summed E-state index contributed by atoms with van der Waals surface area (Å²) in [5, 5.41) is 35.0. The highest BCUT2D eigenvalue weighted by Gasteiger charge is 2.40. The number of likely N-dealkylation sites (tertiary alicyclic amines) is 1. The molecule has 208 valence electrons. The molecule has 1 aromatic rings. The first-order valence-corrected chi connectivity index (χ1v) is 12.7. The third-order valence-electron chi connectivity index (χ3n) is 6.24. The first-order valence-electron chi connectivity index (χ1n) is 11.9. The van der Waals surface area contributed by atoms with Crippen molar-refractivity contribution in [1.29, 1.82) is 0 Å². The fourth-order valence-corrected chi connectivity index (χ4v) is 4.34. The normalized spacial score (nSPS) is 17.5. The molecule has 0 aromatic heterocycles. The van der Waals surface area contributed by atoms with E-state index in [0.29, 0.717) is 16.1 Å². The van der Waals surface area contributed by atoms with E-state index in [9.17, 15) is 19.2 Å². The Morgan fingerprint density at radius 2 is 1.65 bits per heavy atom. The number of aliphatic carboxylic acids is 3. The van der Waals surface area contributed by atoms with E-state index in [2.05, 4.69) is 32.6 Å². The summed E-state index contributed by atoms with van der Waals surface area (Å²) >= 11 is 12.5. The molecule has 1 aromatic carbocycles. The van der Waals surface area contributed by atoms with Gasteiger partial charge in [0.05, 0.1) is 18.8 Å². The van der Waals surface area contributed by atoms with Gasteiger partial charge in [0.15, 0.2) is 5.60 Å². The lowest BCUT2D eigenvalue weighted by atomic mass is 9.85. The second kappa shape index (κ2) is 14.5. The first-order chi connectivity index (χ1) is 17.1. The number of carbonyl (C=O) groups is 4. The third kappa shape index (κ3) is 10.1. The second-order valence-corrected chi connectivity index (χ2v) is 10.3. The van der Waals surface area contributed by atoms with Gasteiger partial charge in [0.25, 0.3) is 0 Å². The Balaban J connectivity index is 0.000000448. The molecule has 0 radical (unpaired) electrons. The predicted molar refractivity (Wildman–Crippen MR) is 137 cm³/mol. The van der Waals surface area contributed by atoms with Crippen LogP contribution >= 0.6 is 23.2 Å². The van der Waals surface area contributed by atoms with Crippen LogP contribution in [0.15, 0.2) is 18.2 Å². The number of halogens is 2. The van der Waals surface area contributed by atoms with Gasteiger partial charge in [0.2, 0.25) is 0 Å². The standard InChI is InChI=1S/C19H27Cl2NO2.C6H8O7/c1-5-13(4)18(16-10-14(20)6-7-17(16)21)19(23)24-15-8-9-22(11-15)12(2)3;7-3(8)1-6(13,5(11)12)2-4(9)10/h6-7,10,12-13,15,18H,5,8-9,11H2,1-4H3;13H,1-2H2,(H,7,8)(H,9,10)(H,11,12). The number of hydrogen-bond acceptors (Lipinski definition) is 7. The van der Waals surface area contributed by atoms with Crippen molar-refractivity contribution >= 4 is 47.1 Å². The minimum Gasteiger partial charge on any atom is -0.481 e. The maximum Gasteiger partial charge on any atom is 0.336 e. The van der Waals surface area contributed by atoms with Gasteiger partial charge in [0, 0.05) is 29.2 Å². The van der Waals surface area contributed by atoms with Crippen LogP contribution in [-0.2, 0) is 23.9 Å². The van der Waals surface area contributed by atoms with E-state index < -0.39 is 36.4 Å². The van der Waals surface area contributed by atoms with Crippen LogP contribution in [0.1, 0.15) is 64.9 Å². The molecule has 0 saturated carbocycles. The van der Waals surface area contributed by atoms with Crippen molar-refractivity contribution in [1.82, 2.24) is 4.90 Å². The number of rotatable bonds is 11. The van der Waals surface area contributed by atoms with Gasteiger partial charge in [0.1, 0.15) is 6.10 Å². The topological polar surface area (TPSA) is 162 Å². The Kier molecular flexibility index (Phi) is 12.8. The van der Waals surface area contributed by atoms with Crippen molar-refractivity contribution in [2.24, 2.45) is 5.92 Å². The number of esters is 1. The van der Waals surface area contributed by atoms with Crippen LogP contribution in [0.3, 0.4) is 0 Å². The molecule has 1 aliphatic rings. The summed E-state index contributed by atoms with van der Waals surface area (Å²) in [5.41, 5.74) is -1.97. The van der Waals surface area contributed by atoms with Crippen LogP contribution in [0.5, 0.6) is 0 Å². The Hall–Kier alpha value is -2.40. The van der Waals surface area contributed by atoms with Crippen molar-refractivity contribution in [2.45, 2.75) is 77.0 Å². The second-order valence-electron chi connectivity index (χ2n) is 9.44. The van der Waals surface area contributed by atoms with Crippen molar-refractivity contribution in [3.63, 3.8) is 0 Å². The smallest absolute Gasteiger partial charge is 0.336 e. The Morgan fingerprint density at radius 1 is 1.08 bits per heavy atom. The number of carboxylic acids is 3. The molecule has 37 heavy (non-hydrogen) atoms. The summed E-state index contributed by atoms with van der Waals surface area (Å²) in [5.74, 6) is -5.45. The highest BCUT2D eigenvalue weighted by molar-refractivity contribution is 6.33. The minimum atomic E-state index is -2.74. The van der Waals surface area contributed by atoms with Crippen molar-refractivity contribution in [3.05, 3.63) is 33.8 Å². The molecule has 1 saturated heterocycles. The summed E-state index contributed by atoms with van der Waals surface area (Å²) < 4.78 is 5.84. The van der Waals surface area contributed by atoms with Crippen molar-refractivity contribution in [2.75, 3.05) is 13.1 Å². The van der Waals surface area contributed by atoms with Crippen molar-refractivity contribution in [3.8, 4) is 0 Å². The molecule has 4 N–H and O–H groups in total. The van der Waals surface area contributed by atoms with Gasteiger partial charge in [-0.3, -0.25) is 19.3 Å². The molecule has 12 heteroatoms. The lowest BCUT2D eigenvalue weighted by molar-refractivity contribution is -0.170. The molecule has 2 rings (SSSR count). The van der Waals surface area contributed by atoms with E-state index in [4.69, 9.17) is 48.4 Å². The summed E-state index contributed by atoms with van der Waals surface area (Å²) in [7, 11) is 0. The molecule has 1 heterocycles. The van der Waals surface area contributed by atoms with Crippen LogP contribution in [0.2, 0.25) is 10.0 Å².